The molecule has 1 aromatic carbocycles. The number of piperidine rings is 1. The maximum atomic E-state index is 11.9. The number of hydrogen-bond acceptors (Lipinski definition) is 5. The van der Waals surface area contributed by atoms with Gasteiger partial charge in [0.15, 0.2) is 0 Å². The molecule has 0 aromatic heterocycles. The van der Waals surface area contributed by atoms with Gasteiger partial charge in [0, 0.05) is 24.8 Å². The minimum absolute atomic E-state index is 0.130. The van der Waals surface area contributed by atoms with Crippen molar-refractivity contribution in [3.63, 3.8) is 0 Å². The van der Waals surface area contributed by atoms with Gasteiger partial charge in [-0.25, -0.2) is 4.79 Å². The number of likely N-dealkylation sites (tertiary alicyclic amines) is 1. The Morgan fingerprint density at radius 1 is 1.33 bits per heavy atom. The zero-order valence-electron chi connectivity index (χ0n) is 14.9. The molecule has 1 atom stereocenters. The van der Waals surface area contributed by atoms with Crippen LogP contribution in [0.4, 0.5) is 10.5 Å². The number of nitrogens with one attached hydrogen (secondary N) is 1. The zero-order valence-corrected chi connectivity index (χ0v) is 14.9. The van der Waals surface area contributed by atoms with E-state index in [0.29, 0.717) is 6.61 Å². The van der Waals surface area contributed by atoms with E-state index in [1.54, 1.807) is 0 Å². The van der Waals surface area contributed by atoms with Crippen molar-refractivity contribution in [2.24, 2.45) is 0 Å². The minimum atomic E-state index is -0.467. The molecule has 0 radical (unpaired) electrons. The van der Waals surface area contributed by atoms with Crippen LogP contribution >= 0.6 is 0 Å². The predicted molar refractivity (Wildman–Crippen MR) is 95.2 cm³/mol. The first-order chi connectivity index (χ1) is 11.3. The highest BCUT2D eigenvalue weighted by atomic mass is 16.6. The van der Waals surface area contributed by atoms with Gasteiger partial charge in [0.25, 0.3) is 0 Å². The number of ether oxygens (including phenoxy) is 2. The van der Waals surface area contributed by atoms with Crippen molar-refractivity contribution in [3.05, 3.63) is 24.3 Å². The average Bonchev–Trinajstić information content (AvgIpc) is 2.48. The van der Waals surface area contributed by atoms with E-state index in [4.69, 9.17) is 15.2 Å². The molecule has 1 saturated heterocycles. The second kappa shape index (κ2) is 8.24. The van der Waals surface area contributed by atoms with E-state index in [1.807, 2.05) is 45.0 Å². The van der Waals surface area contributed by atoms with Gasteiger partial charge >= 0.3 is 6.09 Å². The van der Waals surface area contributed by atoms with Crippen molar-refractivity contribution in [1.29, 1.82) is 0 Å². The highest BCUT2D eigenvalue weighted by Gasteiger charge is 2.24. The first-order valence-electron chi connectivity index (χ1n) is 8.52. The minimum Gasteiger partial charge on any atom is -0.492 e. The van der Waals surface area contributed by atoms with Crippen LogP contribution in [-0.4, -0.2) is 48.9 Å². The normalized spacial score (nSPS) is 18.9. The largest absolute Gasteiger partial charge is 0.492 e. The summed E-state index contributed by atoms with van der Waals surface area (Å²) in [5, 5.41) is 2.96. The molecule has 1 aromatic rings. The molecule has 0 spiro atoms. The summed E-state index contributed by atoms with van der Waals surface area (Å²) in [5.74, 6) is 0.824. The number of carbonyl (C=O) groups is 1. The van der Waals surface area contributed by atoms with Crippen molar-refractivity contribution >= 4 is 11.8 Å². The lowest BCUT2D eigenvalue weighted by Gasteiger charge is -2.33. The SMILES string of the molecule is CC(C)(C)OC(=O)NC1CCCN(CCOc2ccc(N)cc2)C1. The summed E-state index contributed by atoms with van der Waals surface area (Å²) in [6.45, 7) is 8.90. The molecule has 3 N–H and O–H groups in total. The molecule has 6 heteroatoms. The van der Waals surface area contributed by atoms with Gasteiger partial charge in [-0.1, -0.05) is 0 Å². The van der Waals surface area contributed by atoms with E-state index < -0.39 is 5.60 Å². The van der Waals surface area contributed by atoms with Crippen LogP contribution in [0.15, 0.2) is 24.3 Å². The van der Waals surface area contributed by atoms with Gasteiger partial charge in [0.1, 0.15) is 18.0 Å². The number of rotatable bonds is 5. The highest BCUT2D eigenvalue weighted by Crippen LogP contribution is 2.14. The zero-order chi connectivity index (χ0) is 17.6. The molecule has 6 nitrogen and oxygen atoms in total. The van der Waals surface area contributed by atoms with Crippen LogP contribution in [0.1, 0.15) is 33.6 Å². The quantitative estimate of drug-likeness (QED) is 0.809. The van der Waals surface area contributed by atoms with E-state index in [1.165, 1.54) is 0 Å². The molecular formula is C18H29N3O3. The summed E-state index contributed by atoms with van der Waals surface area (Å²) < 4.78 is 11.1. The number of nitrogen functional groups attached to an aromatic ring is 1. The van der Waals surface area contributed by atoms with E-state index in [-0.39, 0.29) is 12.1 Å². The second-order valence-corrected chi connectivity index (χ2v) is 7.20. The lowest BCUT2D eigenvalue weighted by atomic mass is 10.1. The number of anilines is 1. The van der Waals surface area contributed by atoms with Crippen molar-refractivity contribution in [1.82, 2.24) is 10.2 Å². The number of carbonyl (C=O) groups excluding carboxylic acids is 1. The number of hydrogen-bond donors (Lipinski definition) is 2. The first-order valence-corrected chi connectivity index (χ1v) is 8.52. The Bertz CT molecular complexity index is 525. The number of nitrogens with zero attached hydrogens (tertiary/aromatic N) is 1. The monoisotopic (exact) mass is 335 g/mol. The maximum Gasteiger partial charge on any atom is 0.407 e. The van der Waals surface area contributed by atoms with Crippen molar-refractivity contribution < 1.29 is 14.3 Å². The van der Waals surface area contributed by atoms with Gasteiger partial charge < -0.3 is 20.5 Å². The maximum absolute atomic E-state index is 11.9. The molecule has 0 bridgehead atoms. The van der Waals surface area contributed by atoms with Crippen LogP contribution in [0.2, 0.25) is 0 Å². The molecule has 24 heavy (non-hydrogen) atoms. The molecular weight excluding hydrogens is 306 g/mol. The predicted octanol–water partition coefficient (Wildman–Crippen LogP) is 2.64. The third-order valence-electron chi connectivity index (χ3n) is 3.78. The molecule has 0 aliphatic carbocycles. The van der Waals surface area contributed by atoms with E-state index in [2.05, 4.69) is 10.2 Å². The van der Waals surface area contributed by atoms with E-state index >= 15 is 0 Å². The molecule has 1 aliphatic rings. The molecule has 1 fully saturated rings. The number of alkyl carbamates (subject to hydrolysis) is 1. The smallest absolute Gasteiger partial charge is 0.407 e. The van der Waals surface area contributed by atoms with Crippen LogP contribution in [0.25, 0.3) is 0 Å². The summed E-state index contributed by atoms with van der Waals surface area (Å²) in [6, 6.07) is 7.54. The standard InChI is InChI=1S/C18H29N3O3/c1-18(2,3)24-17(22)20-15-5-4-10-21(13-15)11-12-23-16-8-6-14(19)7-9-16/h6-9,15H,4-5,10-13,19H2,1-3H3,(H,20,22). The molecule has 0 saturated carbocycles. The lowest BCUT2D eigenvalue weighted by molar-refractivity contribution is 0.0469. The van der Waals surface area contributed by atoms with Crippen LogP contribution < -0.4 is 15.8 Å². The first kappa shape index (κ1) is 18.4. The lowest BCUT2D eigenvalue weighted by Crippen LogP contribution is -2.49. The van der Waals surface area contributed by atoms with Crippen LogP contribution in [0, 0.1) is 0 Å². The molecule has 1 heterocycles. The van der Waals surface area contributed by atoms with Crippen LogP contribution in [0.5, 0.6) is 5.75 Å². The van der Waals surface area contributed by atoms with Crippen LogP contribution in [0.3, 0.4) is 0 Å². The summed E-state index contributed by atoms with van der Waals surface area (Å²) >= 11 is 0. The summed E-state index contributed by atoms with van der Waals surface area (Å²) in [7, 11) is 0. The van der Waals surface area contributed by atoms with Gasteiger partial charge in [0.05, 0.1) is 0 Å². The fourth-order valence-electron chi connectivity index (χ4n) is 2.71. The Hall–Kier alpha value is -1.95. The summed E-state index contributed by atoms with van der Waals surface area (Å²) in [5.41, 5.74) is 5.92. The third-order valence-corrected chi connectivity index (χ3v) is 3.78. The van der Waals surface area contributed by atoms with Crippen molar-refractivity contribution in [2.45, 2.75) is 45.3 Å². The van der Waals surface area contributed by atoms with E-state index in [0.717, 1.165) is 43.9 Å². The number of amides is 1. The Kier molecular flexibility index (Phi) is 6.31. The Balaban J connectivity index is 1.70. The second-order valence-electron chi connectivity index (χ2n) is 7.20. The Morgan fingerprint density at radius 2 is 2.04 bits per heavy atom. The molecule has 1 aliphatic heterocycles. The third kappa shape index (κ3) is 6.66. The van der Waals surface area contributed by atoms with Gasteiger partial charge in [-0.2, -0.15) is 0 Å². The molecule has 1 amide bonds. The fourth-order valence-corrected chi connectivity index (χ4v) is 2.71. The Labute approximate surface area is 144 Å². The van der Waals surface area contributed by atoms with E-state index in [9.17, 15) is 4.79 Å². The average molecular weight is 335 g/mol. The van der Waals surface area contributed by atoms with Gasteiger partial charge in [0.2, 0.25) is 0 Å². The fraction of sp³-hybridized carbons (Fsp3) is 0.611. The number of benzene rings is 1. The van der Waals surface area contributed by atoms with Gasteiger partial charge in [-0.05, 0) is 64.4 Å². The van der Waals surface area contributed by atoms with Crippen molar-refractivity contribution in [3.8, 4) is 5.75 Å². The molecule has 2 rings (SSSR count). The summed E-state index contributed by atoms with van der Waals surface area (Å²) in [4.78, 5) is 14.2. The van der Waals surface area contributed by atoms with Gasteiger partial charge in [-0.3, -0.25) is 4.90 Å². The topological polar surface area (TPSA) is 76.8 Å². The van der Waals surface area contributed by atoms with Crippen molar-refractivity contribution in [2.75, 3.05) is 32.0 Å². The number of nitrogens with two attached hydrogens (primary N) is 1. The van der Waals surface area contributed by atoms with Gasteiger partial charge in [-0.15, -0.1) is 0 Å². The molecule has 134 valence electrons. The highest BCUT2D eigenvalue weighted by molar-refractivity contribution is 5.68. The van der Waals surface area contributed by atoms with Crippen LogP contribution in [-0.2, 0) is 4.74 Å². The summed E-state index contributed by atoms with van der Waals surface area (Å²) in [6.07, 6.45) is 1.70. The Morgan fingerprint density at radius 3 is 2.71 bits per heavy atom. The molecule has 1 unspecified atom stereocenters.